The zero-order chi connectivity index (χ0) is 15.9. The van der Waals surface area contributed by atoms with Crippen molar-refractivity contribution in [2.45, 2.75) is 52.1 Å². The molecule has 0 aliphatic carbocycles. The van der Waals surface area contributed by atoms with Gasteiger partial charge in [-0.05, 0) is 12.3 Å². The Morgan fingerprint density at radius 3 is 2.43 bits per heavy atom. The van der Waals surface area contributed by atoms with Crippen molar-refractivity contribution in [2.75, 3.05) is 17.6 Å². The highest BCUT2D eigenvalue weighted by Crippen LogP contribution is 2.29. The minimum Gasteiger partial charge on any atom is -0.370 e. The lowest BCUT2D eigenvalue weighted by atomic mass is 10.0. The molecule has 21 heavy (non-hydrogen) atoms. The van der Waals surface area contributed by atoms with Gasteiger partial charge in [-0.3, -0.25) is 0 Å². The Labute approximate surface area is 123 Å². The van der Waals surface area contributed by atoms with Crippen LogP contribution in [0.3, 0.4) is 0 Å². The van der Waals surface area contributed by atoms with Gasteiger partial charge in [-0.2, -0.15) is 18.2 Å². The fraction of sp³-hybridized carbons (Fsp3) is 0.714. The van der Waals surface area contributed by atoms with E-state index in [4.69, 9.17) is 5.73 Å². The minimum atomic E-state index is -4.51. The lowest BCUT2D eigenvalue weighted by Crippen LogP contribution is -2.13. The molecule has 120 valence electrons. The van der Waals surface area contributed by atoms with Crippen LogP contribution in [-0.2, 0) is 6.18 Å². The molecule has 1 aromatic rings. The van der Waals surface area contributed by atoms with Crippen LogP contribution in [0.15, 0.2) is 6.07 Å². The first-order valence-corrected chi connectivity index (χ1v) is 7.24. The molecule has 4 nitrogen and oxygen atoms in total. The third-order valence-corrected chi connectivity index (χ3v) is 3.05. The molecule has 0 aliphatic rings. The Hall–Kier alpha value is -1.53. The standard InChI is InChI=1S/C14H23F3N4/c1-10(2)7-5-3-4-6-8-19-12-9-11(14(15,16)17)20-13(18)21-12/h9-10H,3-8H2,1-2H3,(H3,18,19,20,21). The van der Waals surface area contributed by atoms with Crippen molar-refractivity contribution in [1.82, 2.24) is 9.97 Å². The smallest absolute Gasteiger partial charge is 0.370 e. The number of hydrogen-bond acceptors (Lipinski definition) is 4. The van der Waals surface area contributed by atoms with Crippen molar-refractivity contribution in [3.8, 4) is 0 Å². The summed E-state index contributed by atoms with van der Waals surface area (Å²) in [5.41, 5.74) is 4.27. The number of unbranched alkanes of at least 4 members (excludes halogenated alkanes) is 3. The molecule has 0 atom stereocenters. The first kappa shape index (κ1) is 17.5. The zero-order valence-electron chi connectivity index (χ0n) is 12.5. The normalized spacial score (nSPS) is 11.9. The number of nitrogens with zero attached hydrogens (tertiary/aromatic N) is 2. The summed E-state index contributed by atoms with van der Waals surface area (Å²) in [5, 5.41) is 2.87. The van der Waals surface area contributed by atoms with E-state index in [9.17, 15) is 13.2 Å². The van der Waals surface area contributed by atoms with Gasteiger partial charge in [-0.25, -0.2) is 4.98 Å². The zero-order valence-corrected chi connectivity index (χ0v) is 12.5. The third kappa shape index (κ3) is 7.15. The molecule has 0 radical (unpaired) electrons. The second-order valence-electron chi connectivity index (χ2n) is 5.52. The van der Waals surface area contributed by atoms with Gasteiger partial charge in [-0.15, -0.1) is 0 Å². The quantitative estimate of drug-likeness (QED) is 0.710. The van der Waals surface area contributed by atoms with E-state index in [1.807, 2.05) is 0 Å². The number of nitrogens with one attached hydrogen (secondary N) is 1. The van der Waals surface area contributed by atoms with Crippen LogP contribution >= 0.6 is 0 Å². The molecule has 0 aliphatic heterocycles. The summed E-state index contributed by atoms with van der Waals surface area (Å²) >= 11 is 0. The summed E-state index contributed by atoms with van der Waals surface area (Å²) in [5.74, 6) is 0.467. The van der Waals surface area contributed by atoms with Gasteiger partial charge in [0.2, 0.25) is 5.95 Å². The van der Waals surface area contributed by atoms with Crippen LogP contribution in [0.4, 0.5) is 24.9 Å². The Morgan fingerprint density at radius 1 is 1.14 bits per heavy atom. The second-order valence-corrected chi connectivity index (χ2v) is 5.52. The van der Waals surface area contributed by atoms with Crippen LogP contribution in [0.5, 0.6) is 0 Å². The van der Waals surface area contributed by atoms with E-state index in [1.54, 1.807) is 0 Å². The van der Waals surface area contributed by atoms with E-state index >= 15 is 0 Å². The largest absolute Gasteiger partial charge is 0.433 e. The maximum absolute atomic E-state index is 12.6. The summed E-state index contributed by atoms with van der Waals surface area (Å²) in [6, 6.07) is 0.884. The number of rotatable bonds is 8. The first-order valence-electron chi connectivity index (χ1n) is 7.24. The summed E-state index contributed by atoms with van der Waals surface area (Å²) in [7, 11) is 0. The summed E-state index contributed by atoms with van der Waals surface area (Å²) in [6.45, 7) is 4.97. The highest BCUT2D eigenvalue weighted by molar-refractivity contribution is 5.41. The van der Waals surface area contributed by atoms with Crippen molar-refractivity contribution in [3.63, 3.8) is 0 Å². The number of anilines is 2. The maximum atomic E-state index is 12.6. The first-order chi connectivity index (χ1) is 9.79. The molecule has 1 rings (SSSR count). The van der Waals surface area contributed by atoms with Crippen molar-refractivity contribution in [1.29, 1.82) is 0 Å². The SMILES string of the molecule is CC(C)CCCCCCNc1cc(C(F)(F)F)nc(N)n1. The summed E-state index contributed by atoms with van der Waals surface area (Å²) in [6.07, 6.45) is 0.973. The molecule has 1 heterocycles. The lowest BCUT2D eigenvalue weighted by Gasteiger charge is -2.10. The maximum Gasteiger partial charge on any atom is 0.433 e. The third-order valence-electron chi connectivity index (χ3n) is 3.05. The van der Waals surface area contributed by atoms with E-state index in [2.05, 4.69) is 29.1 Å². The van der Waals surface area contributed by atoms with Crippen molar-refractivity contribution < 1.29 is 13.2 Å². The van der Waals surface area contributed by atoms with Crippen molar-refractivity contribution >= 4 is 11.8 Å². The average Bonchev–Trinajstić information content (AvgIpc) is 2.35. The summed E-state index contributed by atoms with van der Waals surface area (Å²) < 4.78 is 37.7. The Kier molecular flexibility index (Phi) is 6.71. The van der Waals surface area contributed by atoms with E-state index in [1.165, 1.54) is 12.8 Å². The molecule has 0 amide bonds. The predicted octanol–water partition coefficient (Wildman–Crippen LogP) is 4.10. The van der Waals surface area contributed by atoms with Gasteiger partial charge >= 0.3 is 6.18 Å². The van der Waals surface area contributed by atoms with Crippen LogP contribution < -0.4 is 11.1 Å². The van der Waals surface area contributed by atoms with E-state index < -0.39 is 11.9 Å². The van der Waals surface area contributed by atoms with Gasteiger partial charge in [0.25, 0.3) is 0 Å². The van der Waals surface area contributed by atoms with Crippen LogP contribution in [0.2, 0.25) is 0 Å². The molecule has 0 unspecified atom stereocenters. The number of alkyl halides is 3. The molecular weight excluding hydrogens is 281 g/mol. The molecule has 0 saturated heterocycles. The Morgan fingerprint density at radius 2 is 1.81 bits per heavy atom. The number of nitrogen functional groups attached to an aromatic ring is 1. The second kappa shape index (κ2) is 8.05. The van der Waals surface area contributed by atoms with Crippen molar-refractivity contribution in [3.05, 3.63) is 11.8 Å². The van der Waals surface area contributed by atoms with Gasteiger partial charge in [0.1, 0.15) is 5.82 Å². The fourth-order valence-electron chi connectivity index (χ4n) is 1.95. The van der Waals surface area contributed by atoms with Crippen LogP contribution in [0.25, 0.3) is 0 Å². The predicted molar refractivity (Wildman–Crippen MR) is 77.9 cm³/mol. The molecular formula is C14H23F3N4. The topological polar surface area (TPSA) is 63.8 Å². The van der Waals surface area contributed by atoms with Gasteiger partial charge in [-0.1, -0.05) is 39.5 Å². The van der Waals surface area contributed by atoms with Crippen LogP contribution in [0, 0.1) is 5.92 Å². The van der Waals surface area contributed by atoms with Crippen LogP contribution in [0.1, 0.15) is 51.6 Å². The monoisotopic (exact) mass is 304 g/mol. The number of nitrogens with two attached hydrogens (primary N) is 1. The molecule has 1 aromatic heterocycles. The molecule has 0 aromatic carbocycles. The Balaban J connectivity index is 2.34. The molecule has 3 N–H and O–H groups in total. The molecule has 0 spiro atoms. The highest BCUT2D eigenvalue weighted by Gasteiger charge is 2.33. The van der Waals surface area contributed by atoms with Gasteiger partial charge in [0.05, 0.1) is 0 Å². The number of hydrogen-bond donors (Lipinski definition) is 2. The summed E-state index contributed by atoms with van der Waals surface area (Å²) in [4.78, 5) is 6.95. The molecule has 0 bridgehead atoms. The average molecular weight is 304 g/mol. The van der Waals surface area contributed by atoms with E-state index in [0.717, 1.165) is 25.3 Å². The molecule has 0 saturated carbocycles. The van der Waals surface area contributed by atoms with E-state index in [0.29, 0.717) is 12.5 Å². The number of aromatic nitrogens is 2. The van der Waals surface area contributed by atoms with Gasteiger partial charge in [0, 0.05) is 12.6 Å². The molecule has 0 fully saturated rings. The molecule has 7 heteroatoms. The fourth-order valence-corrected chi connectivity index (χ4v) is 1.95. The Bertz CT molecular complexity index is 433. The van der Waals surface area contributed by atoms with Crippen LogP contribution in [-0.4, -0.2) is 16.5 Å². The lowest BCUT2D eigenvalue weighted by molar-refractivity contribution is -0.141. The van der Waals surface area contributed by atoms with Crippen molar-refractivity contribution in [2.24, 2.45) is 5.92 Å². The minimum absolute atomic E-state index is 0.122. The number of halogens is 3. The van der Waals surface area contributed by atoms with Gasteiger partial charge < -0.3 is 11.1 Å². The van der Waals surface area contributed by atoms with E-state index in [-0.39, 0.29) is 11.8 Å². The van der Waals surface area contributed by atoms with Gasteiger partial charge in [0.15, 0.2) is 5.69 Å². The highest BCUT2D eigenvalue weighted by atomic mass is 19.4.